The Labute approximate surface area is 215 Å². The third kappa shape index (κ3) is 11.5. The van der Waals surface area contributed by atoms with Gasteiger partial charge in [-0.3, -0.25) is 0 Å². The molecule has 2 aromatic carbocycles. The molecule has 0 aliphatic rings. The molecule has 2 aromatic rings. The zero-order valence-electron chi connectivity index (χ0n) is 21.9. The van der Waals surface area contributed by atoms with Crippen LogP contribution in [0.15, 0.2) is 48.5 Å². The summed E-state index contributed by atoms with van der Waals surface area (Å²) in [7, 11) is 0. The van der Waals surface area contributed by atoms with Gasteiger partial charge in [0.2, 0.25) is 6.43 Å². The number of esters is 1. The van der Waals surface area contributed by atoms with Crippen LogP contribution in [-0.4, -0.2) is 32.2 Å². The Kier molecular flexibility index (Phi) is 14.8. The van der Waals surface area contributed by atoms with Crippen molar-refractivity contribution >= 4 is 5.97 Å². The van der Waals surface area contributed by atoms with Crippen LogP contribution in [0.25, 0.3) is 0 Å². The normalized spacial score (nSPS) is 12.0. The first-order valence-corrected chi connectivity index (χ1v) is 13.5. The molecule has 0 radical (unpaired) electrons. The van der Waals surface area contributed by atoms with Crippen molar-refractivity contribution in [1.82, 2.24) is 0 Å². The molecule has 4 nitrogen and oxygen atoms in total. The molecule has 0 aliphatic carbocycles. The van der Waals surface area contributed by atoms with Gasteiger partial charge in [0, 0.05) is 6.61 Å². The van der Waals surface area contributed by atoms with Gasteiger partial charge >= 0.3 is 5.97 Å². The molecule has 1 atom stereocenters. The van der Waals surface area contributed by atoms with Gasteiger partial charge < -0.3 is 14.2 Å². The van der Waals surface area contributed by atoms with Crippen LogP contribution in [0.4, 0.5) is 8.78 Å². The maximum absolute atomic E-state index is 13.5. The Morgan fingerprint density at radius 2 is 1.31 bits per heavy atom. The molecule has 0 saturated carbocycles. The highest BCUT2D eigenvalue weighted by atomic mass is 19.3. The van der Waals surface area contributed by atoms with E-state index in [0.717, 1.165) is 25.0 Å². The first-order valence-electron chi connectivity index (χ1n) is 13.5. The standard InChI is InChI=1S/C30H42F2O4/c1-3-5-7-8-9-10-11-12-22-35-26-17-15-25(16-18-26)30(33)36-27-19-13-24(14-20-27)28(29(31)32)23-34-21-6-4-2/h13-20,28-29H,3-12,21-23H2,1-2H3/t28-/m0/s1. The Hall–Kier alpha value is -2.47. The Bertz CT molecular complexity index is 837. The first-order chi connectivity index (χ1) is 17.5. The summed E-state index contributed by atoms with van der Waals surface area (Å²) in [4.78, 5) is 12.5. The number of halogens is 2. The molecule has 0 aliphatic heterocycles. The van der Waals surface area contributed by atoms with E-state index in [2.05, 4.69) is 6.92 Å². The topological polar surface area (TPSA) is 44.8 Å². The molecule has 0 bridgehead atoms. The third-order valence-electron chi connectivity index (χ3n) is 6.12. The molecule has 0 fully saturated rings. The predicted octanol–water partition coefficient (Wildman–Crippen LogP) is 8.59. The fraction of sp³-hybridized carbons (Fsp3) is 0.567. The highest BCUT2D eigenvalue weighted by molar-refractivity contribution is 5.91. The van der Waals surface area contributed by atoms with E-state index >= 15 is 0 Å². The second-order valence-electron chi connectivity index (χ2n) is 9.18. The maximum atomic E-state index is 13.5. The van der Waals surface area contributed by atoms with Crippen LogP contribution < -0.4 is 9.47 Å². The minimum absolute atomic E-state index is 0.0374. The van der Waals surface area contributed by atoms with Crippen molar-refractivity contribution < 1.29 is 27.8 Å². The highest BCUT2D eigenvalue weighted by Crippen LogP contribution is 2.26. The summed E-state index contributed by atoms with van der Waals surface area (Å²) in [6, 6.07) is 13.0. The average molecular weight is 505 g/mol. The lowest BCUT2D eigenvalue weighted by Gasteiger charge is -2.17. The molecule has 36 heavy (non-hydrogen) atoms. The molecule has 0 unspecified atom stereocenters. The first kappa shape index (κ1) is 29.8. The van der Waals surface area contributed by atoms with Gasteiger partial charge in [-0.2, -0.15) is 0 Å². The molecule has 0 heterocycles. The van der Waals surface area contributed by atoms with Crippen LogP contribution in [0.2, 0.25) is 0 Å². The number of carbonyl (C=O) groups excluding carboxylic acids is 1. The van der Waals surface area contributed by atoms with Crippen LogP contribution in [-0.2, 0) is 4.74 Å². The van der Waals surface area contributed by atoms with Crippen LogP contribution in [0.1, 0.15) is 99.9 Å². The van der Waals surface area contributed by atoms with Gasteiger partial charge in [-0.15, -0.1) is 0 Å². The second kappa shape index (κ2) is 17.9. The summed E-state index contributed by atoms with van der Waals surface area (Å²) in [5.41, 5.74) is 0.854. The van der Waals surface area contributed by atoms with E-state index in [0.29, 0.717) is 30.1 Å². The second-order valence-corrected chi connectivity index (χ2v) is 9.18. The summed E-state index contributed by atoms with van der Waals surface area (Å²) >= 11 is 0. The molecular weight excluding hydrogens is 462 g/mol. The number of rotatable bonds is 19. The lowest BCUT2D eigenvalue weighted by molar-refractivity contribution is 0.0425. The monoisotopic (exact) mass is 504 g/mol. The fourth-order valence-corrected chi connectivity index (χ4v) is 3.83. The zero-order chi connectivity index (χ0) is 26.0. The third-order valence-corrected chi connectivity index (χ3v) is 6.12. The smallest absolute Gasteiger partial charge is 0.343 e. The minimum Gasteiger partial charge on any atom is -0.494 e. The fourth-order valence-electron chi connectivity index (χ4n) is 3.83. The van der Waals surface area contributed by atoms with E-state index < -0.39 is 18.3 Å². The molecule has 0 spiro atoms. The summed E-state index contributed by atoms with van der Waals surface area (Å²) in [5, 5.41) is 0. The molecular formula is C30H42F2O4. The number of unbranched alkanes of at least 4 members (excludes halogenated alkanes) is 8. The zero-order valence-corrected chi connectivity index (χ0v) is 21.9. The van der Waals surface area contributed by atoms with Crippen molar-refractivity contribution in [3.63, 3.8) is 0 Å². The van der Waals surface area contributed by atoms with Crippen LogP contribution in [0, 0.1) is 0 Å². The van der Waals surface area contributed by atoms with Crippen molar-refractivity contribution in [2.75, 3.05) is 19.8 Å². The molecule has 0 aromatic heterocycles. The van der Waals surface area contributed by atoms with Crippen molar-refractivity contribution in [1.29, 1.82) is 0 Å². The lowest BCUT2D eigenvalue weighted by Crippen LogP contribution is -2.16. The van der Waals surface area contributed by atoms with Gasteiger partial charge in [0.15, 0.2) is 0 Å². The quantitative estimate of drug-likeness (QED) is 0.109. The van der Waals surface area contributed by atoms with Gasteiger partial charge in [0.1, 0.15) is 11.5 Å². The summed E-state index contributed by atoms with van der Waals surface area (Å²) in [5.74, 6) is -0.493. The SMILES string of the molecule is CCCCCCCCCCOc1ccc(C(=O)Oc2ccc([C@H](COCCCC)C(F)F)cc2)cc1. The van der Waals surface area contributed by atoms with Crippen molar-refractivity contribution in [2.24, 2.45) is 0 Å². The average Bonchev–Trinajstić information content (AvgIpc) is 2.88. The van der Waals surface area contributed by atoms with E-state index in [4.69, 9.17) is 14.2 Å². The molecule has 0 saturated heterocycles. The summed E-state index contributed by atoms with van der Waals surface area (Å²) in [6.07, 6.45) is 9.24. The summed E-state index contributed by atoms with van der Waals surface area (Å²) in [6.45, 7) is 5.35. The maximum Gasteiger partial charge on any atom is 0.343 e. The van der Waals surface area contributed by atoms with E-state index in [1.807, 2.05) is 6.92 Å². The largest absolute Gasteiger partial charge is 0.494 e. The number of hydrogen-bond donors (Lipinski definition) is 0. The van der Waals surface area contributed by atoms with E-state index in [1.165, 1.54) is 57.1 Å². The number of benzene rings is 2. The lowest BCUT2D eigenvalue weighted by atomic mass is 10.0. The van der Waals surface area contributed by atoms with Gasteiger partial charge in [-0.05, 0) is 54.8 Å². The van der Waals surface area contributed by atoms with Gasteiger partial charge in [-0.1, -0.05) is 77.3 Å². The van der Waals surface area contributed by atoms with Crippen LogP contribution in [0.5, 0.6) is 11.5 Å². The Morgan fingerprint density at radius 1 is 0.722 bits per heavy atom. The van der Waals surface area contributed by atoms with Crippen molar-refractivity contribution in [2.45, 2.75) is 90.4 Å². The van der Waals surface area contributed by atoms with E-state index in [1.54, 1.807) is 36.4 Å². The number of ether oxygens (including phenoxy) is 3. The number of alkyl halides is 2. The van der Waals surface area contributed by atoms with Gasteiger partial charge in [0.25, 0.3) is 0 Å². The Balaban J connectivity index is 1.75. The van der Waals surface area contributed by atoms with Crippen LogP contribution in [0.3, 0.4) is 0 Å². The van der Waals surface area contributed by atoms with E-state index in [-0.39, 0.29) is 6.61 Å². The molecule has 2 rings (SSSR count). The van der Waals surface area contributed by atoms with Crippen molar-refractivity contribution in [3.8, 4) is 11.5 Å². The van der Waals surface area contributed by atoms with Gasteiger partial charge in [0.05, 0.1) is 24.7 Å². The number of carbonyl (C=O) groups is 1. The molecule has 0 amide bonds. The highest BCUT2D eigenvalue weighted by Gasteiger charge is 2.23. The van der Waals surface area contributed by atoms with Crippen LogP contribution >= 0.6 is 0 Å². The van der Waals surface area contributed by atoms with Gasteiger partial charge in [-0.25, -0.2) is 13.6 Å². The molecule has 0 N–H and O–H groups in total. The molecule has 6 heteroatoms. The summed E-state index contributed by atoms with van der Waals surface area (Å²) < 4.78 is 43.5. The molecule has 200 valence electrons. The Morgan fingerprint density at radius 3 is 1.92 bits per heavy atom. The van der Waals surface area contributed by atoms with Crippen molar-refractivity contribution in [3.05, 3.63) is 59.7 Å². The predicted molar refractivity (Wildman–Crippen MR) is 140 cm³/mol. The minimum atomic E-state index is -2.53. The van der Waals surface area contributed by atoms with E-state index in [9.17, 15) is 13.6 Å². The number of hydrogen-bond acceptors (Lipinski definition) is 4.